The van der Waals surface area contributed by atoms with Crippen LogP contribution in [0.15, 0.2) is 30.3 Å². The minimum absolute atomic E-state index is 0.0392. The van der Waals surface area contributed by atoms with Gasteiger partial charge in [-0.1, -0.05) is 30.3 Å². The zero-order valence-electron chi connectivity index (χ0n) is 13.7. The molecule has 5 nitrogen and oxygen atoms in total. The fourth-order valence-electron chi connectivity index (χ4n) is 2.56. The van der Waals surface area contributed by atoms with Gasteiger partial charge < -0.3 is 10.4 Å². The average Bonchev–Trinajstić information content (AvgIpc) is 2.82. The summed E-state index contributed by atoms with van der Waals surface area (Å²) in [6.07, 6.45) is -0.312. The number of aliphatic hydroxyl groups excluding tert-OH is 1. The Morgan fingerprint density at radius 3 is 2.54 bits per heavy atom. The van der Waals surface area contributed by atoms with Gasteiger partial charge in [-0.15, -0.1) is 0 Å². The van der Waals surface area contributed by atoms with Crippen LogP contribution in [0.2, 0.25) is 0 Å². The van der Waals surface area contributed by atoms with Gasteiger partial charge in [0.05, 0.1) is 18.2 Å². The van der Waals surface area contributed by atoms with E-state index in [4.69, 9.17) is 0 Å². The molecule has 130 valence electrons. The molecule has 1 aromatic heterocycles. The number of nitrogens with zero attached hydrogens (tertiary/aromatic N) is 2. The van der Waals surface area contributed by atoms with Gasteiger partial charge in [0.15, 0.2) is 0 Å². The number of rotatable bonds is 7. The summed E-state index contributed by atoms with van der Waals surface area (Å²) in [6, 6.07) is 9.45. The van der Waals surface area contributed by atoms with Gasteiger partial charge in [-0.3, -0.25) is 4.79 Å². The molecule has 2 aromatic rings. The summed E-state index contributed by atoms with van der Waals surface area (Å²) >= 11 is 0. The number of hydrogen-bond acceptors (Lipinski definition) is 3. The standard InChI is InChI=1S/C17H21F2N3O2/c1-11-15(12(2)22(21-11)17(18)19)9-16(24)20-10-14(23)8-13-6-4-3-5-7-13/h3-7,14,17,23H,8-10H2,1-2H3,(H,20,24)/t14-/m0/s1. The monoisotopic (exact) mass is 337 g/mol. The number of aliphatic hydroxyl groups is 1. The van der Waals surface area contributed by atoms with Crippen molar-refractivity contribution in [2.45, 2.75) is 39.3 Å². The van der Waals surface area contributed by atoms with Crippen molar-refractivity contribution in [2.75, 3.05) is 6.54 Å². The highest BCUT2D eigenvalue weighted by atomic mass is 19.3. The average molecular weight is 337 g/mol. The highest BCUT2D eigenvalue weighted by Gasteiger charge is 2.19. The fraction of sp³-hybridized carbons (Fsp3) is 0.412. The number of carbonyl (C=O) groups excluding carboxylic acids is 1. The molecule has 0 unspecified atom stereocenters. The molecule has 1 heterocycles. The summed E-state index contributed by atoms with van der Waals surface area (Å²) in [6.45, 7) is 0.486. The van der Waals surface area contributed by atoms with Crippen LogP contribution in [0.5, 0.6) is 0 Å². The van der Waals surface area contributed by atoms with Crippen molar-refractivity contribution in [3.05, 3.63) is 52.8 Å². The molecule has 0 fully saturated rings. The normalized spacial score (nSPS) is 12.4. The van der Waals surface area contributed by atoms with E-state index in [1.807, 2.05) is 30.3 Å². The zero-order chi connectivity index (χ0) is 17.7. The van der Waals surface area contributed by atoms with E-state index in [9.17, 15) is 18.7 Å². The third kappa shape index (κ3) is 4.61. The van der Waals surface area contributed by atoms with Gasteiger partial charge in [0.25, 0.3) is 0 Å². The van der Waals surface area contributed by atoms with Gasteiger partial charge in [-0.05, 0) is 19.4 Å². The van der Waals surface area contributed by atoms with E-state index in [1.165, 1.54) is 6.92 Å². The molecular weight excluding hydrogens is 316 g/mol. The Labute approximate surface area is 139 Å². The summed E-state index contributed by atoms with van der Waals surface area (Å²) in [5, 5.41) is 16.4. The molecule has 1 atom stereocenters. The molecule has 1 aromatic carbocycles. The molecule has 0 radical (unpaired) electrons. The van der Waals surface area contributed by atoms with E-state index >= 15 is 0 Å². The largest absolute Gasteiger partial charge is 0.391 e. The van der Waals surface area contributed by atoms with Crippen molar-refractivity contribution in [3.63, 3.8) is 0 Å². The first-order valence-corrected chi connectivity index (χ1v) is 7.70. The third-order valence-electron chi connectivity index (χ3n) is 3.85. The van der Waals surface area contributed by atoms with E-state index in [0.29, 0.717) is 22.4 Å². The van der Waals surface area contributed by atoms with Crippen LogP contribution in [0.4, 0.5) is 8.78 Å². The van der Waals surface area contributed by atoms with Crippen LogP contribution in [-0.4, -0.2) is 33.4 Å². The Balaban J connectivity index is 1.87. The van der Waals surface area contributed by atoms with Crippen LogP contribution >= 0.6 is 0 Å². The van der Waals surface area contributed by atoms with Crippen molar-refractivity contribution in [1.29, 1.82) is 0 Å². The Kier molecular flexibility index (Phi) is 6.03. The molecular formula is C17H21F2N3O2. The van der Waals surface area contributed by atoms with Gasteiger partial charge in [0.2, 0.25) is 5.91 Å². The topological polar surface area (TPSA) is 67.2 Å². The number of aromatic nitrogens is 2. The summed E-state index contributed by atoms with van der Waals surface area (Å²) in [5.41, 5.74) is 2.16. The number of aryl methyl sites for hydroxylation is 1. The summed E-state index contributed by atoms with van der Waals surface area (Å²) < 4.78 is 26.2. The zero-order valence-corrected chi connectivity index (χ0v) is 13.7. The second-order valence-electron chi connectivity index (χ2n) is 5.70. The van der Waals surface area contributed by atoms with E-state index in [1.54, 1.807) is 6.92 Å². The van der Waals surface area contributed by atoms with Crippen molar-refractivity contribution in [2.24, 2.45) is 0 Å². The van der Waals surface area contributed by atoms with Crippen molar-refractivity contribution in [1.82, 2.24) is 15.1 Å². The lowest BCUT2D eigenvalue weighted by Gasteiger charge is -2.12. The second-order valence-corrected chi connectivity index (χ2v) is 5.70. The highest BCUT2D eigenvalue weighted by Crippen LogP contribution is 2.19. The molecule has 24 heavy (non-hydrogen) atoms. The van der Waals surface area contributed by atoms with Gasteiger partial charge in [-0.2, -0.15) is 13.9 Å². The molecule has 0 aliphatic carbocycles. The molecule has 0 saturated heterocycles. The maximum Gasteiger partial charge on any atom is 0.333 e. The lowest BCUT2D eigenvalue weighted by Crippen LogP contribution is -2.34. The molecule has 0 saturated carbocycles. The number of amides is 1. The van der Waals surface area contributed by atoms with Crippen molar-refractivity contribution >= 4 is 5.91 Å². The van der Waals surface area contributed by atoms with E-state index < -0.39 is 12.7 Å². The minimum atomic E-state index is -2.73. The Morgan fingerprint density at radius 2 is 1.96 bits per heavy atom. The minimum Gasteiger partial charge on any atom is -0.391 e. The SMILES string of the molecule is Cc1nn(C(F)F)c(C)c1CC(=O)NC[C@@H](O)Cc1ccccc1. The van der Waals surface area contributed by atoms with Crippen LogP contribution in [0, 0.1) is 13.8 Å². The van der Waals surface area contributed by atoms with Crippen molar-refractivity contribution in [3.8, 4) is 0 Å². The molecule has 0 aliphatic heterocycles. The van der Waals surface area contributed by atoms with Crippen LogP contribution < -0.4 is 5.32 Å². The van der Waals surface area contributed by atoms with E-state index in [2.05, 4.69) is 10.4 Å². The Bertz CT molecular complexity index is 687. The number of carbonyl (C=O) groups is 1. The van der Waals surface area contributed by atoms with Gasteiger partial charge >= 0.3 is 6.55 Å². The fourth-order valence-corrected chi connectivity index (χ4v) is 2.56. The first kappa shape index (κ1) is 18.1. The van der Waals surface area contributed by atoms with E-state index in [0.717, 1.165) is 5.56 Å². The summed E-state index contributed by atoms with van der Waals surface area (Å²) in [7, 11) is 0. The number of alkyl halides is 2. The first-order chi connectivity index (χ1) is 11.4. The molecule has 2 N–H and O–H groups in total. The molecule has 7 heteroatoms. The van der Waals surface area contributed by atoms with Gasteiger partial charge in [0, 0.05) is 24.2 Å². The van der Waals surface area contributed by atoms with Crippen LogP contribution in [0.25, 0.3) is 0 Å². The highest BCUT2D eigenvalue weighted by molar-refractivity contribution is 5.79. The third-order valence-corrected chi connectivity index (χ3v) is 3.85. The summed E-state index contributed by atoms with van der Waals surface area (Å²) in [4.78, 5) is 12.0. The quantitative estimate of drug-likeness (QED) is 0.814. The maximum absolute atomic E-state index is 12.8. The van der Waals surface area contributed by atoms with E-state index in [-0.39, 0.29) is 24.6 Å². The summed E-state index contributed by atoms with van der Waals surface area (Å²) in [5.74, 6) is -0.331. The van der Waals surface area contributed by atoms with Crippen LogP contribution in [0.3, 0.4) is 0 Å². The number of nitrogens with one attached hydrogen (secondary N) is 1. The number of halogens is 2. The number of benzene rings is 1. The predicted molar refractivity (Wildman–Crippen MR) is 85.8 cm³/mol. The predicted octanol–water partition coefficient (Wildman–Crippen LogP) is 2.16. The van der Waals surface area contributed by atoms with Crippen LogP contribution in [-0.2, 0) is 17.6 Å². The lowest BCUT2D eigenvalue weighted by molar-refractivity contribution is -0.120. The van der Waals surface area contributed by atoms with Crippen molar-refractivity contribution < 1.29 is 18.7 Å². The maximum atomic E-state index is 12.8. The van der Waals surface area contributed by atoms with Crippen LogP contribution in [0.1, 0.15) is 29.1 Å². The molecule has 0 aliphatic rings. The van der Waals surface area contributed by atoms with Gasteiger partial charge in [-0.25, -0.2) is 4.68 Å². The van der Waals surface area contributed by atoms with Gasteiger partial charge in [0.1, 0.15) is 0 Å². The first-order valence-electron chi connectivity index (χ1n) is 7.70. The Morgan fingerprint density at radius 1 is 1.29 bits per heavy atom. The Hall–Kier alpha value is -2.28. The molecule has 0 bridgehead atoms. The lowest BCUT2D eigenvalue weighted by atomic mass is 10.1. The molecule has 1 amide bonds. The smallest absolute Gasteiger partial charge is 0.333 e. The second kappa shape index (κ2) is 8.01. The molecule has 0 spiro atoms. The number of hydrogen-bond donors (Lipinski definition) is 2. The molecule has 2 rings (SSSR count).